The topological polar surface area (TPSA) is 46.9 Å². The first-order valence-electron chi connectivity index (χ1n) is 3.50. The second-order valence-electron chi connectivity index (χ2n) is 2.20. The molecule has 0 saturated heterocycles. The fourth-order valence-corrected chi connectivity index (χ4v) is 0.848. The number of rotatable bonds is 4. The van der Waals surface area contributed by atoms with Crippen LogP contribution in [-0.4, -0.2) is 29.7 Å². The molecule has 0 aliphatic carbocycles. The van der Waals surface area contributed by atoms with E-state index in [-0.39, 0.29) is 0 Å². The van der Waals surface area contributed by atoms with Gasteiger partial charge < -0.3 is 5.32 Å². The van der Waals surface area contributed by atoms with E-state index in [1.54, 1.807) is 16.9 Å². The predicted molar refractivity (Wildman–Crippen MR) is 41.5 cm³/mol. The minimum atomic E-state index is 0.625. The van der Waals surface area contributed by atoms with E-state index in [1.165, 1.54) is 0 Å². The lowest BCUT2D eigenvalue weighted by Gasteiger charge is -2.00. The Bertz CT molecular complexity index is 231. The van der Waals surface area contributed by atoms with Gasteiger partial charge >= 0.3 is 0 Å². The third kappa shape index (κ3) is 1.88. The van der Waals surface area contributed by atoms with Crippen LogP contribution < -0.4 is 5.32 Å². The number of aromatic nitrogens is 2. The van der Waals surface area contributed by atoms with Gasteiger partial charge in [-0.3, -0.25) is 9.48 Å². The highest BCUT2D eigenvalue weighted by Crippen LogP contribution is 1.92. The molecule has 0 radical (unpaired) electrons. The molecule has 4 nitrogen and oxygen atoms in total. The zero-order valence-corrected chi connectivity index (χ0v) is 6.45. The van der Waals surface area contributed by atoms with Gasteiger partial charge in [-0.2, -0.15) is 5.10 Å². The van der Waals surface area contributed by atoms with Crippen molar-refractivity contribution in [2.75, 3.05) is 13.6 Å². The van der Waals surface area contributed by atoms with Crippen LogP contribution in [0.2, 0.25) is 0 Å². The van der Waals surface area contributed by atoms with Gasteiger partial charge in [0.2, 0.25) is 0 Å². The smallest absolute Gasteiger partial charge is 0.168 e. The quantitative estimate of drug-likeness (QED) is 0.615. The van der Waals surface area contributed by atoms with Crippen molar-refractivity contribution < 1.29 is 4.79 Å². The zero-order chi connectivity index (χ0) is 8.10. The normalized spacial score (nSPS) is 9.91. The van der Waals surface area contributed by atoms with Crippen LogP contribution in [0.5, 0.6) is 0 Å². The molecule has 4 heteroatoms. The first-order valence-corrected chi connectivity index (χ1v) is 3.50. The Balaban J connectivity index is 2.61. The summed E-state index contributed by atoms with van der Waals surface area (Å²) in [6, 6.07) is 1.70. The Hall–Kier alpha value is -1.16. The van der Waals surface area contributed by atoms with Crippen LogP contribution in [0.25, 0.3) is 0 Å². The van der Waals surface area contributed by atoms with E-state index >= 15 is 0 Å². The molecule has 1 aromatic rings. The summed E-state index contributed by atoms with van der Waals surface area (Å²) in [7, 11) is 1.87. The molecule has 0 spiro atoms. The molecule has 11 heavy (non-hydrogen) atoms. The van der Waals surface area contributed by atoms with Crippen LogP contribution in [0.3, 0.4) is 0 Å². The summed E-state index contributed by atoms with van der Waals surface area (Å²) in [5.74, 6) is 0. The molecule has 1 N–H and O–H groups in total. The van der Waals surface area contributed by atoms with E-state index in [1.807, 2.05) is 7.05 Å². The highest BCUT2D eigenvalue weighted by molar-refractivity contribution is 5.71. The first-order chi connectivity index (χ1) is 5.38. The van der Waals surface area contributed by atoms with Crippen molar-refractivity contribution in [2.24, 2.45) is 0 Å². The number of hydrogen-bond acceptors (Lipinski definition) is 3. The Morgan fingerprint density at radius 1 is 1.82 bits per heavy atom. The number of carbonyl (C=O) groups is 1. The molecule has 0 fully saturated rings. The van der Waals surface area contributed by atoms with Crippen molar-refractivity contribution in [2.45, 2.75) is 6.54 Å². The maximum absolute atomic E-state index is 10.4. The van der Waals surface area contributed by atoms with Crippen molar-refractivity contribution >= 4 is 6.29 Å². The molecule has 0 unspecified atom stereocenters. The lowest BCUT2D eigenvalue weighted by molar-refractivity contribution is 0.111. The number of carbonyl (C=O) groups excluding carboxylic acids is 1. The van der Waals surface area contributed by atoms with Crippen molar-refractivity contribution in [1.29, 1.82) is 0 Å². The lowest BCUT2D eigenvalue weighted by Crippen LogP contribution is -2.17. The first kappa shape index (κ1) is 7.94. The Kier molecular flexibility index (Phi) is 2.80. The fourth-order valence-electron chi connectivity index (χ4n) is 0.848. The SMILES string of the molecule is CNCCn1nccc1C=O. The minimum absolute atomic E-state index is 0.625. The highest BCUT2D eigenvalue weighted by atomic mass is 16.1. The number of likely N-dealkylation sites (N-methyl/N-ethyl adjacent to an activating group) is 1. The standard InChI is InChI=1S/C7H11N3O/c1-8-4-5-10-7(6-11)2-3-9-10/h2-3,6,8H,4-5H2,1H3. The molecule has 1 heterocycles. The molecule has 0 atom stereocenters. The van der Waals surface area contributed by atoms with Crippen LogP contribution in [0.4, 0.5) is 0 Å². The molecule has 0 saturated carbocycles. The summed E-state index contributed by atoms with van der Waals surface area (Å²) in [6.45, 7) is 1.56. The van der Waals surface area contributed by atoms with Gasteiger partial charge in [0.15, 0.2) is 6.29 Å². The van der Waals surface area contributed by atoms with Crippen LogP contribution >= 0.6 is 0 Å². The molecule has 0 aliphatic heterocycles. The van der Waals surface area contributed by atoms with E-state index in [9.17, 15) is 4.79 Å². The van der Waals surface area contributed by atoms with Crippen molar-refractivity contribution in [3.63, 3.8) is 0 Å². The van der Waals surface area contributed by atoms with Gasteiger partial charge in [-0.05, 0) is 13.1 Å². The monoisotopic (exact) mass is 153 g/mol. The molecule has 0 aliphatic rings. The summed E-state index contributed by atoms with van der Waals surface area (Å²) in [5.41, 5.74) is 0.625. The molecule has 1 aromatic heterocycles. The van der Waals surface area contributed by atoms with Crippen molar-refractivity contribution in [3.8, 4) is 0 Å². The minimum Gasteiger partial charge on any atom is -0.318 e. The van der Waals surface area contributed by atoms with E-state index in [0.29, 0.717) is 5.69 Å². The Morgan fingerprint density at radius 2 is 2.64 bits per heavy atom. The van der Waals surface area contributed by atoms with Gasteiger partial charge in [0.25, 0.3) is 0 Å². The largest absolute Gasteiger partial charge is 0.318 e. The van der Waals surface area contributed by atoms with Crippen LogP contribution in [-0.2, 0) is 6.54 Å². The van der Waals surface area contributed by atoms with Gasteiger partial charge in [-0.25, -0.2) is 0 Å². The van der Waals surface area contributed by atoms with Crippen LogP contribution in [0, 0.1) is 0 Å². The van der Waals surface area contributed by atoms with Gasteiger partial charge in [-0.1, -0.05) is 0 Å². The lowest BCUT2D eigenvalue weighted by atomic mass is 10.4. The maximum atomic E-state index is 10.4. The Morgan fingerprint density at radius 3 is 3.27 bits per heavy atom. The summed E-state index contributed by atoms with van der Waals surface area (Å²) in [6.07, 6.45) is 2.43. The van der Waals surface area contributed by atoms with Crippen LogP contribution in [0.1, 0.15) is 10.5 Å². The van der Waals surface area contributed by atoms with Gasteiger partial charge in [0.1, 0.15) is 5.69 Å². The molecular weight excluding hydrogens is 142 g/mol. The van der Waals surface area contributed by atoms with E-state index in [4.69, 9.17) is 0 Å². The molecule has 0 bridgehead atoms. The average molecular weight is 153 g/mol. The van der Waals surface area contributed by atoms with Crippen LogP contribution in [0.15, 0.2) is 12.3 Å². The molecule has 1 rings (SSSR count). The Labute approximate surface area is 65.2 Å². The second kappa shape index (κ2) is 3.88. The van der Waals surface area contributed by atoms with Gasteiger partial charge in [0, 0.05) is 12.7 Å². The number of nitrogens with zero attached hydrogens (tertiary/aromatic N) is 2. The predicted octanol–water partition coefficient (Wildman–Crippen LogP) is -0.0850. The summed E-state index contributed by atoms with van der Waals surface area (Å²) in [4.78, 5) is 10.4. The zero-order valence-electron chi connectivity index (χ0n) is 6.45. The number of aldehydes is 1. The summed E-state index contributed by atoms with van der Waals surface area (Å²) >= 11 is 0. The highest BCUT2D eigenvalue weighted by Gasteiger charge is 1.97. The number of hydrogen-bond donors (Lipinski definition) is 1. The molecule has 0 amide bonds. The molecule has 60 valence electrons. The van der Waals surface area contributed by atoms with Crippen molar-refractivity contribution in [3.05, 3.63) is 18.0 Å². The van der Waals surface area contributed by atoms with E-state index in [2.05, 4.69) is 10.4 Å². The second-order valence-corrected chi connectivity index (χ2v) is 2.20. The maximum Gasteiger partial charge on any atom is 0.168 e. The third-order valence-corrected chi connectivity index (χ3v) is 1.44. The van der Waals surface area contributed by atoms with E-state index in [0.717, 1.165) is 19.4 Å². The van der Waals surface area contributed by atoms with Gasteiger partial charge in [0.05, 0.1) is 6.54 Å². The molecular formula is C7H11N3O. The summed E-state index contributed by atoms with van der Waals surface area (Å²) < 4.78 is 1.67. The van der Waals surface area contributed by atoms with Gasteiger partial charge in [-0.15, -0.1) is 0 Å². The summed E-state index contributed by atoms with van der Waals surface area (Å²) in [5, 5.41) is 6.95. The number of nitrogens with one attached hydrogen (secondary N) is 1. The fraction of sp³-hybridized carbons (Fsp3) is 0.429. The average Bonchev–Trinajstić information content (AvgIpc) is 2.47. The third-order valence-electron chi connectivity index (χ3n) is 1.44. The van der Waals surface area contributed by atoms with E-state index < -0.39 is 0 Å². The molecule has 0 aromatic carbocycles. The van der Waals surface area contributed by atoms with Crippen molar-refractivity contribution in [1.82, 2.24) is 15.1 Å².